The van der Waals surface area contributed by atoms with Crippen LogP contribution in [0.3, 0.4) is 0 Å². The third-order valence-electron chi connectivity index (χ3n) is 6.75. The monoisotopic (exact) mass is 600 g/mol. The van der Waals surface area contributed by atoms with Crippen molar-refractivity contribution in [1.29, 1.82) is 0 Å². The summed E-state index contributed by atoms with van der Waals surface area (Å²) in [7, 11) is -0.867. The molecule has 5 rings (SSSR count). The first-order valence-corrected chi connectivity index (χ1v) is 15.0. The van der Waals surface area contributed by atoms with Gasteiger partial charge in [0.15, 0.2) is 5.65 Å². The smallest absolute Gasteiger partial charge is 0.410 e. The minimum Gasteiger partial charge on any atom is -0.444 e. The fourth-order valence-electron chi connectivity index (χ4n) is 4.72. The van der Waals surface area contributed by atoms with E-state index in [9.17, 15) is 13.2 Å². The number of carbonyl (C=O) groups is 1. The molecule has 1 fully saturated rings. The van der Waals surface area contributed by atoms with Gasteiger partial charge < -0.3 is 15.0 Å². The number of sulfonamides is 1. The molecule has 1 atom stereocenters. The summed E-state index contributed by atoms with van der Waals surface area (Å²) in [5.74, 6) is 0.522. The van der Waals surface area contributed by atoms with Crippen LogP contribution in [0.1, 0.15) is 45.2 Å². The molecule has 1 saturated heterocycles. The number of nitrogens with one attached hydrogen (secondary N) is 2. The van der Waals surface area contributed by atoms with Crippen LogP contribution in [0.25, 0.3) is 16.8 Å². The number of anilines is 2. The Morgan fingerprint density at radius 3 is 2.68 bits per heavy atom. The SMILES string of the molecule is CN(C)S(=O)(=O)c1cc(Nc2cc(C3CCCN(C(=O)OC(C)(C)C)C3)nc3c(-c4cn[nH]c4)cnn23)ccc1Cl. The molecule has 4 aromatic rings. The highest BCUT2D eigenvalue weighted by Gasteiger charge is 2.30. The number of aromatic amines is 1. The van der Waals surface area contributed by atoms with Crippen LogP contribution in [-0.4, -0.2) is 81.3 Å². The number of piperidine rings is 1. The Morgan fingerprint density at radius 1 is 1.22 bits per heavy atom. The first kappa shape index (κ1) is 28.8. The van der Waals surface area contributed by atoms with Crippen molar-refractivity contribution in [2.75, 3.05) is 32.5 Å². The van der Waals surface area contributed by atoms with Gasteiger partial charge in [0.2, 0.25) is 10.0 Å². The van der Waals surface area contributed by atoms with E-state index in [-0.39, 0.29) is 21.9 Å². The summed E-state index contributed by atoms with van der Waals surface area (Å²) < 4.78 is 34.1. The zero-order chi connectivity index (χ0) is 29.5. The first-order valence-electron chi connectivity index (χ1n) is 13.2. The molecule has 1 aromatic carbocycles. The number of benzene rings is 1. The summed E-state index contributed by atoms with van der Waals surface area (Å²) in [4.78, 5) is 19.6. The minimum absolute atomic E-state index is 0.0143. The van der Waals surface area contributed by atoms with Gasteiger partial charge in [0.05, 0.1) is 23.1 Å². The number of amides is 1. The Bertz CT molecular complexity index is 1680. The van der Waals surface area contributed by atoms with Gasteiger partial charge in [-0.05, 0) is 51.8 Å². The molecule has 0 bridgehead atoms. The third kappa shape index (κ3) is 6.02. The highest BCUT2D eigenvalue weighted by molar-refractivity contribution is 7.89. The fraction of sp³-hybridized carbons (Fsp3) is 0.407. The summed E-state index contributed by atoms with van der Waals surface area (Å²) in [5, 5.41) is 14.9. The van der Waals surface area contributed by atoms with E-state index in [1.165, 1.54) is 20.2 Å². The molecule has 0 aliphatic carbocycles. The molecule has 41 heavy (non-hydrogen) atoms. The highest BCUT2D eigenvalue weighted by atomic mass is 35.5. The Kier molecular flexibility index (Phi) is 7.70. The molecule has 0 radical (unpaired) electrons. The number of likely N-dealkylation sites (tertiary alicyclic amines) is 1. The highest BCUT2D eigenvalue weighted by Crippen LogP contribution is 2.34. The zero-order valence-corrected chi connectivity index (χ0v) is 25.1. The largest absolute Gasteiger partial charge is 0.444 e. The predicted octanol–water partition coefficient (Wildman–Crippen LogP) is 4.88. The molecule has 1 amide bonds. The molecule has 12 nitrogen and oxygen atoms in total. The molecule has 3 aromatic heterocycles. The number of aromatic nitrogens is 5. The maximum absolute atomic E-state index is 12.9. The molecule has 2 N–H and O–H groups in total. The number of rotatable bonds is 6. The topological polar surface area (TPSA) is 138 Å². The van der Waals surface area contributed by atoms with Gasteiger partial charge in [-0.15, -0.1) is 0 Å². The van der Waals surface area contributed by atoms with Crippen LogP contribution < -0.4 is 5.32 Å². The lowest BCUT2D eigenvalue weighted by molar-refractivity contribution is 0.0197. The second-order valence-electron chi connectivity index (χ2n) is 11.2. The number of carbonyl (C=O) groups excluding carboxylic acids is 1. The van der Waals surface area contributed by atoms with Gasteiger partial charge >= 0.3 is 6.09 Å². The summed E-state index contributed by atoms with van der Waals surface area (Å²) in [5.41, 5.74) is 2.88. The summed E-state index contributed by atoms with van der Waals surface area (Å²) in [6.45, 7) is 6.62. The van der Waals surface area contributed by atoms with Gasteiger partial charge in [-0.1, -0.05) is 11.6 Å². The lowest BCUT2D eigenvalue weighted by atomic mass is 9.94. The van der Waals surface area contributed by atoms with Crippen LogP contribution >= 0.6 is 11.6 Å². The van der Waals surface area contributed by atoms with Gasteiger partial charge in [-0.3, -0.25) is 5.10 Å². The molecule has 218 valence electrons. The molecule has 14 heteroatoms. The van der Waals surface area contributed by atoms with Crippen molar-refractivity contribution in [1.82, 2.24) is 34.0 Å². The van der Waals surface area contributed by atoms with E-state index >= 15 is 0 Å². The van der Waals surface area contributed by atoms with Crippen molar-refractivity contribution in [2.24, 2.45) is 0 Å². The average molecular weight is 601 g/mol. The van der Waals surface area contributed by atoms with E-state index in [0.717, 1.165) is 34.0 Å². The van der Waals surface area contributed by atoms with Crippen molar-refractivity contribution in [3.63, 3.8) is 0 Å². The van der Waals surface area contributed by atoms with E-state index in [1.807, 2.05) is 26.8 Å². The maximum Gasteiger partial charge on any atom is 0.410 e. The van der Waals surface area contributed by atoms with Crippen molar-refractivity contribution >= 4 is 44.9 Å². The van der Waals surface area contributed by atoms with Gasteiger partial charge in [-0.25, -0.2) is 22.5 Å². The van der Waals surface area contributed by atoms with Crippen molar-refractivity contribution in [3.8, 4) is 11.1 Å². The van der Waals surface area contributed by atoms with Crippen LogP contribution in [0, 0.1) is 0 Å². The number of fused-ring (bicyclic) bond motifs is 1. The first-order chi connectivity index (χ1) is 19.3. The zero-order valence-electron chi connectivity index (χ0n) is 23.5. The molecule has 4 heterocycles. The van der Waals surface area contributed by atoms with Gasteiger partial charge in [0.25, 0.3) is 0 Å². The van der Waals surface area contributed by atoms with Gasteiger partial charge in [0, 0.05) is 62.2 Å². The molecule has 0 spiro atoms. The molecular weight excluding hydrogens is 568 g/mol. The van der Waals surface area contributed by atoms with Gasteiger partial charge in [0.1, 0.15) is 16.3 Å². The average Bonchev–Trinajstić information content (AvgIpc) is 3.59. The third-order valence-corrected chi connectivity index (χ3v) is 9.05. The Hall–Kier alpha value is -3.68. The van der Waals surface area contributed by atoms with Crippen molar-refractivity contribution in [2.45, 2.75) is 50.0 Å². The van der Waals surface area contributed by atoms with E-state index in [0.29, 0.717) is 30.2 Å². The van der Waals surface area contributed by atoms with Crippen molar-refractivity contribution in [3.05, 3.63) is 53.6 Å². The second-order valence-corrected chi connectivity index (χ2v) is 13.7. The Balaban J connectivity index is 1.56. The lowest BCUT2D eigenvalue weighted by Gasteiger charge is -2.34. The number of halogens is 1. The summed E-state index contributed by atoms with van der Waals surface area (Å²) in [6, 6.07) is 6.62. The standard InChI is InChI=1S/C27H33ClN8O4S/c1-27(2,3)40-26(37)35-10-6-7-17(16-35)22-12-24(36-25(33-22)20(15-31-36)18-13-29-30-14-18)32-19-8-9-21(28)23(11-19)41(38,39)34(4)5/h8-9,11-15,17,32H,6-7,10,16H2,1-5H3,(H,29,30). The maximum atomic E-state index is 12.9. The molecule has 1 aliphatic heterocycles. The van der Waals surface area contributed by atoms with E-state index in [2.05, 4.69) is 20.6 Å². The van der Waals surface area contributed by atoms with Crippen molar-refractivity contribution < 1.29 is 17.9 Å². The number of hydrogen-bond donors (Lipinski definition) is 2. The second kappa shape index (κ2) is 11.0. The summed E-state index contributed by atoms with van der Waals surface area (Å²) >= 11 is 6.28. The number of nitrogens with zero attached hydrogens (tertiary/aromatic N) is 6. The normalized spacial score (nSPS) is 16.4. The van der Waals surface area contributed by atoms with Crippen LogP contribution in [-0.2, 0) is 14.8 Å². The molecule has 0 saturated carbocycles. The fourth-order valence-corrected chi connectivity index (χ4v) is 6.11. The van der Waals surface area contributed by atoms with Crippen LogP contribution in [0.2, 0.25) is 5.02 Å². The van der Waals surface area contributed by atoms with Gasteiger partial charge in [-0.2, -0.15) is 14.7 Å². The Morgan fingerprint density at radius 2 is 2.00 bits per heavy atom. The molecular formula is C27H33ClN8O4S. The number of ether oxygens (including phenoxy) is 1. The quantitative estimate of drug-likeness (QED) is 0.319. The van der Waals surface area contributed by atoms with E-state index < -0.39 is 15.6 Å². The van der Waals surface area contributed by atoms with E-state index in [4.69, 9.17) is 21.3 Å². The van der Waals surface area contributed by atoms with Crippen LogP contribution in [0.4, 0.5) is 16.3 Å². The minimum atomic E-state index is -3.78. The predicted molar refractivity (Wildman–Crippen MR) is 156 cm³/mol. The molecule has 1 aliphatic rings. The lowest BCUT2D eigenvalue weighted by Crippen LogP contribution is -2.42. The van der Waals surface area contributed by atoms with Crippen LogP contribution in [0.15, 0.2) is 47.8 Å². The Labute approximate surface area is 243 Å². The summed E-state index contributed by atoms with van der Waals surface area (Å²) in [6.07, 6.45) is 6.46. The van der Waals surface area contributed by atoms with Crippen LogP contribution in [0.5, 0.6) is 0 Å². The number of hydrogen-bond acceptors (Lipinski definition) is 8. The van der Waals surface area contributed by atoms with E-state index in [1.54, 1.807) is 40.1 Å². The molecule has 1 unspecified atom stereocenters. The number of H-pyrrole nitrogens is 1.